The summed E-state index contributed by atoms with van der Waals surface area (Å²) in [6.45, 7) is 6.18. The molecular formula is C22H22F3NO2. The van der Waals surface area contributed by atoms with Crippen molar-refractivity contribution in [1.82, 2.24) is 4.90 Å². The highest BCUT2D eigenvalue weighted by molar-refractivity contribution is 5.99. The first-order valence-electron chi connectivity index (χ1n) is 9.25. The predicted octanol–water partition coefficient (Wildman–Crippen LogP) is 4.94. The van der Waals surface area contributed by atoms with E-state index in [1.165, 1.54) is 6.08 Å². The van der Waals surface area contributed by atoms with Gasteiger partial charge in [-0.1, -0.05) is 37.6 Å². The molecule has 148 valence electrons. The number of halogens is 3. The maximum Gasteiger partial charge on any atom is 0.254 e. The fourth-order valence-electron chi connectivity index (χ4n) is 3.81. The van der Waals surface area contributed by atoms with E-state index < -0.39 is 41.1 Å². The summed E-state index contributed by atoms with van der Waals surface area (Å²) in [5.41, 5.74) is 0.702. The molecule has 3 atom stereocenters. The third-order valence-corrected chi connectivity index (χ3v) is 5.20. The Hall–Kier alpha value is -2.60. The molecule has 1 heterocycles. The Labute approximate surface area is 162 Å². The molecule has 1 amide bonds. The number of rotatable bonds is 7. The van der Waals surface area contributed by atoms with Gasteiger partial charge in [0, 0.05) is 29.7 Å². The van der Waals surface area contributed by atoms with Gasteiger partial charge >= 0.3 is 0 Å². The lowest BCUT2D eigenvalue weighted by atomic mass is 9.85. The number of fused-ring (bicyclic) bond motifs is 1. The standard InChI is InChI=1S/C22H22F3NO2/c1-3-5-10-26-20(15-8-6-7-9-16(15)22(26)28)14(4-2)21(27)17-11-13(23)12-18(24)19(17)25/h4,6-9,11-12,14,20-21,27H,2-3,5,10H2,1H3. The van der Waals surface area contributed by atoms with E-state index >= 15 is 0 Å². The zero-order chi connectivity index (χ0) is 20.4. The predicted molar refractivity (Wildman–Crippen MR) is 100 cm³/mol. The van der Waals surface area contributed by atoms with Crippen LogP contribution in [0.4, 0.5) is 13.2 Å². The molecule has 1 N–H and O–H groups in total. The number of hydrogen-bond acceptors (Lipinski definition) is 2. The molecule has 3 nitrogen and oxygen atoms in total. The van der Waals surface area contributed by atoms with Gasteiger partial charge in [0.1, 0.15) is 5.82 Å². The number of hydrogen-bond donors (Lipinski definition) is 1. The largest absolute Gasteiger partial charge is 0.388 e. The van der Waals surface area contributed by atoms with Crippen LogP contribution in [0.5, 0.6) is 0 Å². The zero-order valence-corrected chi connectivity index (χ0v) is 15.5. The van der Waals surface area contributed by atoms with E-state index in [0.29, 0.717) is 23.7 Å². The van der Waals surface area contributed by atoms with Crippen molar-refractivity contribution < 1.29 is 23.1 Å². The monoisotopic (exact) mass is 389 g/mol. The van der Waals surface area contributed by atoms with E-state index in [-0.39, 0.29) is 5.91 Å². The molecule has 0 aliphatic carbocycles. The first-order chi connectivity index (χ1) is 13.4. The Balaban J connectivity index is 2.06. The van der Waals surface area contributed by atoms with Gasteiger partial charge < -0.3 is 10.0 Å². The molecule has 3 unspecified atom stereocenters. The number of benzene rings is 2. The number of carbonyl (C=O) groups excluding carboxylic acids is 1. The molecule has 1 aliphatic heterocycles. The molecule has 0 radical (unpaired) electrons. The Morgan fingerprint density at radius 2 is 1.96 bits per heavy atom. The Kier molecular flexibility index (Phi) is 5.89. The molecule has 2 aromatic carbocycles. The van der Waals surface area contributed by atoms with E-state index in [0.717, 1.165) is 18.9 Å². The number of amides is 1. The Bertz CT molecular complexity index is 899. The normalized spacial score (nSPS) is 18.1. The van der Waals surface area contributed by atoms with E-state index in [1.807, 2.05) is 6.92 Å². The summed E-state index contributed by atoms with van der Waals surface area (Å²) >= 11 is 0. The molecule has 0 saturated heterocycles. The van der Waals surface area contributed by atoms with Crippen molar-refractivity contribution in [3.8, 4) is 0 Å². The summed E-state index contributed by atoms with van der Waals surface area (Å²) < 4.78 is 41.6. The summed E-state index contributed by atoms with van der Waals surface area (Å²) in [5.74, 6) is -4.69. The molecule has 1 aliphatic rings. The third kappa shape index (κ3) is 3.44. The van der Waals surface area contributed by atoms with Crippen LogP contribution >= 0.6 is 0 Å². The molecule has 0 saturated carbocycles. The van der Waals surface area contributed by atoms with Crippen LogP contribution in [0.3, 0.4) is 0 Å². The molecule has 28 heavy (non-hydrogen) atoms. The summed E-state index contributed by atoms with van der Waals surface area (Å²) in [6.07, 6.45) is 1.44. The van der Waals surface area contributed by atoms with Gasteiger partial charge in [-0.25, -0.2) is 13.2 Å². The number of aliphatic hydroxyl groups excluding tert-OH is 1. The molecule has 0 fully saturated rings. The van der Waals surface area contributed by atoms with Crippen molar-refractivity contribution in [2.75, 3.05) is 6.54 Å². The summed E-state index contributed by atoms with van der Waals surface area (Å²) in [7, 11) is 0. The number of aliphatic hydroxyl groups is 1. The first kappa shape index (κ1) is 20.1. The molecule has 6 heteroatoms. The second-order valence-corrected chi connectivity index (χ2v) is 6.93. The van der Waals surface area contributed by atoms with Crippen LogP contribution in [0.25, 0.3) is 0 Å². The lowest BCUT2D eigenvalue weighted by Gasteiger charge is -2.33. The van der Waals surface area contributed by atoms with E-state index in [9.17, 15) is 23.1 Å². The lowest BCUT2D eigenvalue weighted by molar-refractivity contribution is 0.0480. The van der Waals surface area contributed by atoms with Crippen molar-refractivity contribution in [2.45, 2.75) is 31.9 Å². The third-order valence-electron chi connectivity index (χ3n) is 5.20. The van der Waals surface area contributed by atoms with Gasteiger partial charge in [-0.15, -0.1) is 6.58 Å². The lowest BCUT2D eigenvalue weighted by Crippen LogP contribution is -2.35. The highest BCUT2D eigenvalue weighted by atomic mass is 19.2. The molecular weight excluding hydrogens is 367 g/mol. The van der Waals surface area contributed by atoms with Crippen molar-refractivity contribution in [2.24, 2.45) is 5.92 Å². The minimum atomic E-state index is -1.57. The Morgan fingerprint density at radius 3 is 2.64 bits per heavy atom. The van der Waals surface area contributed by atoms with Crippen LogP contribution in [0, 0.1) is 23.4 Å². The van der Waals surface area contributed by atoms with Crippen LogP contribution in [0.15, 0.2) is 49.1 Å². The zero-order valence-electron chi connectivity index (χ0n) is 15.5. The maximum absolute atomic E-state index is 14.3. The van der Waals surface area contributed by atoms with Crippen LogP contribution < -0.4 is 0 Å². The van der Waals surface area contributed by atoms with Gasteiger partial charge in [-0.3, -0.25) is 4.79 Å². The van der Waals surface area contributed by atoms with Crippen molar-refractivity contribution in [1.29, 1.82) is 0 Å². The summed E-state index contributed by atoms with van der Waals surface area (Å²) in [6, 6.07) is 7.60. The highest BCUT2D eigenvalue weighted by Gasteiger charge is 2.43. The fourth-order valence-corrected chi connectivity index (χ4v) is 3.81. The van der Waals surface area contributed by atoms with E-state index in [2.05, 4.69) is 6.58 Å². The minimum Gasteiger partial charge on any atom is -0.388 e. The number of unbranched alkanes of at least 4 members (excludes halogenated alkanes) is 1. The fraction of sp³-hybridized carbons (Fsp3) is 0.318. The SMILES string of the molecule is C=CC(C(O)c1cc(F)cc(F)c1F)C1c2ccccc2C(=O)N1CCCC. The summed E-state index contributed by atoms with van der Waals surface area (Å²) in [5, 5.41) is 10.8. The average Bonchev–Trinajstić information content (AvgIpc) is 2.96. The average molecular weight is 389 g/mol. The second-order valence-electron chi connectivity index (χ2n) is 6.93. The van der Waals surface area contributed by atoms with Gasteiger partial charge in [0.15, 0.2) is 11.6 Å². The summed E-state index contributed by atoms with van der Waals surface area (Å²) in [4.78, 5) is 14.5. The van der Waals surface area contributed by atoms with Gasteiger partial charge in [-0.05, 0) is 24.1 Å². The van der Waals surface area contributed by atoms with Crippen LogP contribution in [-0.2, 0) is 0 Å². The second kappa shape index (κ2) is 8.19. The molecule has 0 spiro atoms. The van der Waals surface area contributed by atoms with Crippen LogP contribution in [0.1, 0.15) is 53.4 Å². The first-order valence-corrected chi connectivity index (χ1v) is 9.25. The number of nitrogens with zero attached hydrogens (tertiary/aromatic N) is 1. The van der Waals surface area contributed by atoms with Crippen LogP contribution in [0.2, 0.25) is 0 Å². The quantitative estimate of drug-likeness (QED) is 0.538. The van der Waals surface area contributed by atoms with Gasteiger partial charge in [0.05, 0.1) is 12.1 Å². The van der Waals surface area contributed by atoms with Gasteiger partial charge in [-0.2, -0.15) is 0 Å². The molecule has 2 aromatic rings. The Morgan fingerprint density at radius 1 is 1.25 bits per heavy atom. The maximum atomic E-state index is 14.3. The van der Waals surface area contributed by atoms with E-state index in [1.54, 1.807) is 29.2 Å². The van der Waals surface area contributed by atoms with Crippen molar-refractivity contribution in [3.05, 3.63) is 83.2 Å². The van der Waals surface area contributed by atoms with Gasteiger partial charge in [0.2, 0.25) is 0 Å². The highest BCUT2D eigenvalue weighted by Crippen LogP contribution is 2.44. The van der Waals surface area contributed by atoms with Gasteiger partial charge in [0.25, 0.3) is 5.91 Å². The van der Waals surface area contributed by atoms with E-state index in [4.69, 9.17) is 0 Å². The van der Waals surface area contributed by atoms with Crippen LogP contribution in [-0.4, -0.2) is 22.5 Å². The molecule has 0 aromatic heterocycles. The minimum absolute atomic E-state index is 0.181. The number of carbonyl (C=O) groups is 1. The van der Waals surface area contributed by atoms with Crippen molar-refractivity contribution >= 4 is 5.91 Å². The topological polar surface area (TPSA) is 40.5 Å². The molecule has 3 rings (SSSR count). The smallest absolute Gasteiger partial charge is 0.254 e. The molecule has 0 bridgehead atoms. The van der Waals surface area contributed by atoms with Crippen molar-refractivity contribution in [3.63, 3.8) is 0 Å².